The highest BCUT2D eigenvalue weighted by Crippen LogP contribution is 2.25. The zero-order valence-corrected chi connectivity index (χ0v) is 11.2. The Morgan fingerprint density at radius 3 is 3.12 bits per heavy atom. The van der Waals surface area contributed by atoms with Crippen LogP contribution in [0.4, 0.5) is 0 Å². The minimum atomic E-state index is -0.252. The molecule has 0 aliphatic carbocycles. The number of piperidine rings is 1. The van der Waals surface area contributed by atoms with Gasteiger partial charge >= 0.3 is 0 Å². The maximum Gasteiger partial charge on any atom is 0.227 e. The molecule has 1 saturated heterocycles. The van der Waals surface area contributed by atoms with Gasteiger partial charge in [0.05, 0.1) is 17.0 Å². The number of aromatic nitrogens is 1. The third kappa shape index (κ3) is 3.04. The van der Waals surface area contributed by atoms with Gasteiger partial charge in [-0.3, -0.25) is 4.79 Å². The molecule has 4 nitrogen and oxygen atoms in total. The topological polar surface area (TPSA) is 54.0 Å². The predicted molar refractivity (Wildman–Crippen MR) is 68.9 cm³/mol. The third-order valence-corrected chi connectivity index (χ3v) is 4.15. The van der Waals surface area contributed by atoms with Crippen LogP contribution in [0.3, 0.4) is 0 Å². The molecule has 2 N–H and O–H groups in total. The maximum atomic E-state index is 12.1. The van der Waals surface area contributed by atoms with E-state index in [1.807, 2.05) is 20.0 Å². The normalized spacial score (nSPS) is 24.6. The number of amides is 1. The van der Waals surface area contributed by atoms with E-state index in [1.54, 1.807) is 11.3 Å². The number of aryl methyl sites for hydroxylation is 1. The summed E-state index contributed by atoms with van der Waals surface area (Å²) < 4.78 is 0. The average molecular weight is 253 g/mol. The fourth-order valence-corrected chi connectivity index (χ4v) is 2.85. The summed E-state index contributed by atoms with van der Waals surface area (Å²) in [5.74, 6) is 0.149. The highest BCUT2D eigenvalue weighted by atomic mass is 32.1. The number of carbonyl (C=O) groups excluding carboxylic acids is 1. The number of nitrogens with zero attached hydrogens (tertiary/aromatic N) is 1. The van der Waals surface area contributed by atoms with Crippen molar-refractivity contribution in [1.82, 2.24) is 15.6 Å². The number of nitrogens with one attached hydrogen (secondary N) is 2. The first-order chi connectivity index (χ1) is 8.10. The van der Waals surface area contributed by atoms with E-state index in [2.05, 4.69) is 15.6 Å². The minimum absolute atomic E-state index is 0.149. The number of thiazole rings is 1. The molecular weight excluding hydrogens is 234 g/mol. The summed E-state index contributed by atoms with van der Waals surface area (Å²) in [5.41, 5.74) is -0.252. The van der Waals surface area contributed by atoms with Gasteiger partial charge in [-0.15, -0.1) is 11.3 Å². The standard InChI is InChI=1S/C12H19N3OS/c1-9-14-6-10(17-9)7-15-11(16)12(2)4-3-5-13-8-12/h6,13H,3-5,7-8H2,1-2H3,(H,15,16). The van der Waals surface area contributed by atoms with Crippen molar-refractivity contribution < 1.29 is 4.79 Å². The van der Waals surface area contributed by atoms with Crippen LogP contribution in [-0.4, -0.2) is 24.0 Å². The molecule has 1 amide bonds. The second-order valence-corrected chi connectivity index (χ2v) is 6.19. The fraction of sp³-hybridized carbons (Fsp3) is 0.667. The molecule has 0 spiro atoms. The van der Waals surface area contributed by atoms with Gasteiger partial charge in [0.15, 0.2) is 0 Å². The van der Waals surface area contributed by atoms with Gasteiger partial charge in [-0.2, -0.15) is 0 Å². The first kappa shape index (κ1) is 12.5. The fourth-order valence-electron chi connectivity index (χ4n) is 2.12. The zero-order valence-electron chi connectivity index (χ0n) is 10.4. The van der Waals surface area contributed by atoms with Gasteiger partial charge in [0.1, 0.15) is 0 Å². The summed E-state index contributed by atoms with van der Waals surface area (Å²) in [5, 5.41) is 7.34. The Kier molecular flexibility index (Phi) is 3.79. The van der Waals surface area contributed by atoms with Crippen LogP contribution < -0.4 is 10.6 Å². The van der Waals surface area contributed by atoms with Crippen molar-refractivity contribution in [3.63, 3.8) is 0 Å². The third-order valence-electron chi connectivity index (χ3n) is 3.24. The van der Waals surface area contributed by atoms with E-state index in [-0.39, 0.29) is 11.3 Å². The number of hydrogen-bond acceptors (Lipinski definition) is 4. The molecule has 1 unspecified atom stereocenters. The maximum absolute atomic E-state index is 12.1. The first-order valence-electron chi connectivity index (χ1n) is 6.00. The Labute approximate surface area is 106 Å². The SMILES string of the molecule is Cc1ncc(CNC(=O)C2(C)CCCNC2)s1. The summed E-state index contributed by atoms with van der Waals surface area (Å²) >= 11 is 1.63. The van der Waals surface area contributed by atoms with E-state index in [9.17, 15) is 4.79 Å². The molecular formula is C12H19N3OS. The molecule has 0 bridgehead atoms. The molecule has 1 atom stereocenters. The molecule has 1 aliphatic heterocycles. The van der Waals surface area contributed by atoms with Crippen molar-refractivity contribution in [2.45, 2.75) is 33.2 Å². The zero-order chi connectivity index (χ0) is 12.3. The molecule has 0 radical (unpaired) electrons. The van der Waals surface area contributed by atoms with Crippen molar-refractivity contribution in [1.29, 1.82) is 0 Å². The van der Waals surface area contributed by atoms with Gasteiger partial charge in [-0.05, 0) is 33.2 Å². The van der Waals surface area contributed by atoms with E-state index in [4.69, 9.17) is 0 Å². The molecule has 0 saturated carbocycles. The van der Waals surface area contributed by atoms with E-state index >= 15 is 0 Å². The van der Waals surface area contributed by atoms with E-state index in [0.29, 0.717) is 6.54 Å². The Balaban J connectivity index is 1.88. The number of hydrogen-bond donors (Lipinski definition) is 2. The largest absolute Gasteiger partial charge is 0.351 e. The lowest BCUT2D eigenvalue weighted by Crippen LogP contribution is -2.48. The van der Waals surface area contributed by atoms with E-state index in [0.717, 1.165) is 35.8 Å². The molecule has 1 aromatic heterocycles. The Bertz CT molecular complexity index is 396. The average Bonchev–Trinajstić information content (AvgIpc) is 2.73. The predicted octanol–water partition coefficient (Wildman–Crippen LogP) is 1.46. The lowest BCUT2D eigenvalue weighted by Gasteiger charge is -2.32. The van der Waals surface area contributed by atoms with Crippen molar-refractivity contribution >= 4 is 17.2 Å². The van der Waals surface area contributed by atoms with Crippen LogP contribution >= 0.6 is 11.3 Å². The number of rotatable bonds is 3. The molecule has 1 aromatic rings. The molecule has 5 heteroatoms. The van der Waals surface area contributed by atoms with Gasteiger partial charge in [-0.1, -0.05) is 0 Å². The molecule has 2 rings (SSSR count). The van der Waals surface area contributed by atoms with E-state index in [1.165, 1.54) is 0 Å². The highest BCUT2D eigenvalue weighted by molar-refractivity contribution is 7.11. The Hall–Kier alpha value is -0.940. The van der Waals surface area contributed by atoms with Crippen LogP contribution in [0.2, 0.25) is 0 Å². The Morgan fingerprint density at radius 2 is 2.53 bits per heavy atom. The van der Waals surface area contributed by atoms with Crippen molar-refractivity contribution in [2.75, 3.05) is 13.1 Å². The molecule has 17 heavy (non-hydrogen) atoms. The van der Waals surface area contributed by atoms with Crippen LogP contribution in [0.15, 0.2) is 6.20 Å². The van der Waals surface area contributed by atoms with Crippen LogP contribution in [-0.2, 0) is 11.3 Å². The quantitative estimate of drug-likeness (QED) is 0.857. The molecule has 2 heterocycles. The smallest absolute Gasteiger partial charge is 0.227 e. The summed E-state index contributed by atoms with van der Waals surface area (Å²) in [7, 11) is 0. The summed E-state index contributed by atoms with van der Waals surface area (Å²) in [4.78, 5) is 17.4. The summed E-state index contributed by atoms with van der Waals surface area (Å²) in [6.45, 7) is 6.41. The Morgan fingerprint density at radius 1 is 1.71 bits per heavy atom. The van der Waals surface area contributed by atoms with Gasteiger partial charge < -0.3 is 10.6 Å². The van der Waals surface area contributed by atoms with Crippen LogP contribution in [0.1, 0.15) is 29.7 Å². The van der Waals surface area contributed by atoms with Crippen molar-refractivity contribution in [2.24, 2.45) is 5.41 Å². The van der Waals surface area contributed by atoms with E-state index < -0.39 is 0 Å². The first-order valence-corrected chi connectivity index (χ1v) is 6.82. The van der Waals surface area contributed by atoms with Gasteiger partial charge in [-0.25, -0.2) is 4.98 Å². The van der Waals surface area contributed by atoms with Crippen LogP contribution in [0.5, 0.6) is 0 Å². The monoisotopic (exact) mass is 253 g/mol. The summed E-state index contributed by atoms with van der Waals surface area (Å²) in [6.07, 6.45) is 3.87. The molecule has 0 aromatic carbocycles. The molecule has 1 fully saturated rings. The van der Waals surface area contributed by atoms with Gasteiger partial charge in [0.25, 0.3) is 0 Å². The lowest BCUT2D eigenvalue weighted by molar-refractivity contribution is -0.131. The lowest BCUT2D eigenvalue weighted by atomic mass is 9.82. The second kappa shape index (κ2) is 5.14. The van der Waals surface area contributed by atoms with Gasteiger partial charge in [0.2, 0.25) is 5.91 Å². The highest BCUT2D eigenvalue weighted by Gasteiger charge is 2.34. The molecule has 94 valence electrons. The summed E-state index contributed by atoms with van der Waals surface area (Å²) in [6, 6.07) is 0. The number of carbonyl (C=O) groups is 1. The van der Waals surface area contributed by atoms with Crippen molar-refractivity contribution in [3.05, 3.63) is 16.1 Å². The molecule has 1 aliphatic rings. The minimum Gasteiger partial charge on any atom is -0.351 e. The second-order valence-electron chi connectivity index (χ2n) is 4.87. The van der Waals surface area contributed by atoms with Crippen LogP contribution in [0.25, 0.3) is 0 Å². The van der Waals surface area contributed by atoms with Gasteiger partial charge in [0, 0.05) is 17.6 Å². The van der Waals surface area contributed by atoms with Crippen molar-refractivity contribution in [3.8, 4) is 0 Å². The van der Waals surface area contributed by atoms with Crippen LogP contribution in [0, 0.1) is 12.3 Å².